The number of carbonyl (C=O) groups is 2. The molecule has 0 aliphatic heterocycles. The van der Waals surface area contributed by atoms with Gasteiger partial charge < -0.3 is 20.8 Å². The van der Waals surface area contributed by atoms with Crippen LogP contribution in [0.2, 0.25) is 0 Å². The van der Waals surface area contributed by atoms with E-state index in [1.54, 1.807) is 38.2 Å². The lowest BCUT2D eigenvalue weighted by atomic mass is 10.1. The highest BCUT2D eigenvalue weighted by Gasteiger charge is 2.16. The number of nitrogens with zero attached hydrogens (tertiary/aromatic N) is 2. The second-order valence-corrected chi connectivity index (χ2v) is 7.17. The average Bonchev–Trinajstić information content (AvgIpc) is 3.28. The number of aromatic nitrogens is 2. The summed E-state index contributed by atoms with van der Waals surface area (Å²) in [5.41, 5.74) is 6.60. The third-order valence-corrected chi connectivity index (χ3v) is 5.48. The number of esters is 1. The molecule has 30 heavy (non-hydrogen) atoms. The number of nitriles is 1. The van der Waals surface area contributed by atoms with Crippen molar-refractivity contribution >= 4 is 51.6 Å². The number of thiazole rings is 1. The summed E-state index contributed by atoms with van der Waals surface area (Å²) in [4.78, 5) is 39.3. The van der Waals surface area contributed by atoms with Crippen LogP contribution in [0, 0.1) is 11.3 Å². The van der Waals surface area contributed by atoms with Crippen molar-refractivity contribution in [3.63, 3.8) is 0 Å². The van der Waals surface area contributed by atoms with Crippen LogP contribution in [-0.2, 0) is 16.1 Å². The van der Waals surface area contributed by atoms with E-state index < -0.39 is 11.9 Å². The van der Waals surface area contributed by atoms with E-state index in [0.29, 0.717) is 27.7 Å². The molecule has 10 heteroatoms. The smallest absolute Gasteiger partial charge is 0.351 e. The van der Waals surface area contributed by atoms with Crippen LogP contribution < -0.4 is 25.8 Å². The van der Waals surface area contributed by atoms with Gasteiger partial charge in [-0.05, 0) is 32.0 Å². The number of nitrogens with two attached hydrogens (primary N) is 1. The molecule has 0 aliphatic rings. The molecule has 2 aromatic heterocycles. The molecule has 0 aliphatic carbocycles. The molecule has 2 heterocycles. The largest absolute Gasteiger partial charge is 0.462 e. The fraction of sp³-hybridized carbons (Fsp3) is 0.200. The maximum atomic E-state index is 12.7. The van der Waals surface area contributed by atoms with Gasteiger partial charge in [-0.15, -0.1) is 11.3 Å². The molecule has 0 saturated heterocycles. The fourth-order valence-corrected chi connectivity index (χ4v) is 4.02. The monoisotopic (exact) mass is 425 g/mol. The lowest BCUT2D eigenvalue weighted by Crippen LogP contribution is -2.32. The highest BCUT2D eigenvalue weighted by molar-refractivity contribution is 7.07. The van der Waals surface area contributed by atoms with Gasteiger partial charge in [-0.2, -0.15) is 5.26 Å². The van der Waals surface area contributed by atoms with Crippen molar-refractivity contribution in [2.24, 2.45) is 5.73 Å². The van der Waals surface area contributed by atoms with Gasteiger partial charge in [0, 0.05) is 35.5 Å². The molecular weight excluding hydrogens is 406 g/mol. The number of nitrogens with one attached hydrogen (secondary N) is 2. The number of amides is 1. The van der Waals surface area contributed by atoms with Gasteiger partial charge in [-0.25, -0.2) is 4.79 Å². The quantitative estimate of drug-likeness (QED) is 0.494. The third-order valence-electron chi connectivity index (χ3n) is 4.35. The lowest BCUT2D eigenvalue weighted by molar-refractivity contribution is -0.136. The molecule has 1 aromatic carbocycles. The van der Waals surface area contributed by atoms with Crippen LogP contribution >= 0.6 is 11.3 Å². The minimum absolute atomic E-state index is 0.126. The highest BCUT2D eigenvalue weighted by Crippen LogP contribution is 2.22. The standard InChI is InChI=1S/C20H19N5O4S/c1-3-25-18(27)16(30-19(25)13(8-21)20(28)29-4-2)10-23-11-5-6-15-12(7-11)14(9-24-15)17(22)26/h5-7,9-10,23-24H,3-4H2,1-2H3,(H2,22,26)/b16-10-,19-13-. The Morgan fingerprint density at radius 1 is 1.40 bits per heavy atom. The lowest BCUT2D eigenvalue weighted by Gasteiger charge is -2.01. The molecular formula is C20H19N5O4S. The van der Waals surface area contributed by atoms with Crippen LogP contribution in [-0.4, -0.2) is 28.0 Å². The zero-order valence-corrected chi connectivity index (χ0v) is 17.1. The van der Waals surface area contributed by atoms with Crippen molar-refractivity contribution in [1.82, 2.24) is 9.55 Å². The van der Waals surface area contributed by atoms with Gasteiger partial charge in [0.05, 0.1) is 12.2 Å². The van der Waals surface area contributed by atoms with Crippen molar-refractivity contribution in [3.05, 3.63) is 49.5 Å². The topological polar surface area (TPSA) is 143 Å². The zero-order valence-electron chi connectivity index (χ0n) is 16.3. The first-order valence-electron chi connectivity index (χ1n) is 9.10. The molecule has 0 bridgehead atoms. The number of ether oxygens (including phenoxy) is 1. The molecule has 3 rings (SSSR count). The van der Waals surface area contributed by atoms with Crippen LogP contribution in [0.1, 0.15) is 24.2 Å². The van der Waals surface area contributed by atoms with Gasteiger partial charge in [0.25, 0.3) is 11.5 Å². The van der Waals surface area contributed by atoms with Crippen molar-refractivity contribution in [2.45, 2.75) is 20.4 Å². The summed E-state index contributed by atoms with van der Waals surface area (Å²) < 4.78 is 6.83. The van der Waals surface area contributed by atoms with E-state index in [9.17, 15) is 19.6 Å². The number of hydrogen-bond donors (Lipinski definition) is 3. The van der Waals surface area contributed by atoms with Crippen molar-refractivity contribution in [1.29, 1.82) is 5.26 Å². The normalized spacial score (nSPS) is 12.5. The molecule has 154 valence electrons. The molecule has 1 amide bonds. The van der Waals surface area contributed by atoms with Gasteiger partial charge >= 0.3 is 5.97 Å². The van der Waals surface area contributed by atoms with E-state index in [1.807, 2.05) is 6.07 Å². The zero-order chi connectivity index (χ0) is 21.8. The minimum atomic E-state index is -0.764. The Labute approximate surface area is 174 Å². The Morgan fingerprint density at radius 2 is 2.17 bits per heavy atom. The van der Waals surface area contributed by atoms with E-state index in [-0.39, 0.29) is 22.4 Å². The number of benzene rings is 1. The summed E-state index contributed by atoms with van der Waals surface area (Å²) >= 11 is 1.02. The summed E-state index contributed by atoms with van der Waals surface area (Å²) in [6, 6.07) is 7.13. The Kier molecular flexibility index (Phi) is 6.03. The Bertz CT molecular complexity index is 1360. The van der Waals surface area contributed by atoms with Crippen molar-refractivity contribution in [2.75, 3.05) is 11.9 Å². The first-order chi connectivity index (χ1) is 14.4. The number of fused-ring (bicyclic) bond motifs is 1. The average molecular weight is 425 g/mol. The predicted octanol–water partition coefficient (Wildman–Crippen LogP) is 0.597. The molecule has 0 spiro atoms. The summed E-state index contributed by atoms with van der Waals surface area (Å²) in [5.74, 6) is -1.31. The van der Waals surface area contributed by atoms with Gasteiger partial charge in [-0.1, -0.05) is 0 Å². The molecule has 0 radical (unpaired) electrons. The Hall–Kier alpha value is -3.84. The molecule has 9 nitrogen and oxygen atoms in total. The summed E-state index contributed by atoms with van der Waals surface area (Å²) in [7, 11) is 0. The van der Waals surface area contributed by atoms with E-state index in [0.717, 1.165) is 16.9 Å². The predicted molar refractivity (Wildman–Crippen MR) is 114 cm³/mol. The number of carbonyl (C=O) groups excluding carboxylic acids is 2. The van der Waals surface area contributed by atoms with Gasteiger partial charge in [0.2, 0.25) is 0 Å². The van der Waals surface area contributed by atoms with Crippen LogP contribution in [0.5, 0.6) is 0 Å². The molecule has 0 atom stereocenters. The SMILES string of the molecule is CCOC(=O)/C(C#N)=c1\s/c(=C\Nc2ccc3[nH]cc(C(N)=O)c3c2)c(=O)n1CC. The fourth-order valence-electron chi connectivity index (χ4n) is 2.94. The van der Waals surface area contributed by atoms with Crippen LogP contribution in [0.3, 0.4) is 0 Å². The Morgan fingerprint density at radius 3 is 2.80 bits per heavy atom. The van der Waals surface area contributed by atoms with Crippen molar-refractivity contribution < 1.29 is 14.3 Å². The van der Waals surface area contributed by atoms with E-state index in [1.165, 1.54) is 10.8 Å². The van der Waals surface area contributed by atoms with Gasteiger partial charge in [0.15, 0.2) is 5.57 Å². The Balaban J connectivity index is 2.08. The second kappa shape index (κ2) is 8.67. The van der Waals surface area contributed by atoms with E-state index >= 15 is 0 Å². The molecule has 0 saturated carbocycles. The van der Waals surface area contributed by atoms with Crippen LogP contribution in [0.4, 0.5) is 5.69 Å². The maximum absolute atomic E-state index is 12.7. The molecule has 0 unspecified atom stereocenters. The number of primary amides is 1. The maximum Gasteiger partial charge on any atom is 0.351 e. The molecule has 3 aromatic rings. The first-order valence-corrected chi connectivity index (χ1v) is 9.91. The van der Waals surface area contributed by atoms with E-state index in [4.69, 9.17) is 10.5 Å². The highest BCUT2D eigenvalue weighted by atomic mass is 32.1. The van der Waals surface area contributed by atoms with Gasteiger partial charge in [0.1, 0.15) is 15.3 Å². The molecule has 4 N–H and O–H groups in total. The second-order valence-electron chi connectivity index (χ2n) is 6.14. The number of anilines is 1. The summed E-state index contributed by atoms with van der Waals surface area (Å²) in [6.45, 7) is 3.81. The number of rotatable bonds is 6. The van der Waals surface area contributed by atoms with Crippen LogP contribution in [0.25, 0.3) is 22.7 Å². The molecule has 0 fully saturated rings. The van der Waals surface area contributed by atoms with E-state index in [2.05, 4.69) is 10.3 Å². The third kappa shape index (κ3) is 3.83. The number of hydrogen-bond acceptors (Lipinski definition) is 7. The summed E-state index contributed by atoms with van der Waals surface area (Å²) in [5, 5.41) is 13.1. The summed E-state index contributed by atoms with van der Waals surface area (Å²) in [6.07, 6.45) is 3.04. The van der Waals surface area contributed by atoms with Gasteiger partial charge in [-0.3, -0.25) is 14.2 Å². The number of H-pyrrole nitrogens is 1. The van der Waals surface area contributed by atoms with Crippen LogP contribution in [0.15, 0.2) is 29.2 Å². The van der Waals surface area contributed by atoms with Crippen molar-refractivity contribution in [3.8, 4) is 6.07 Å². The first kappa shape index (κ1) is 20.9. The number of aromatic amines is 1. The minimum Gasteiger partial charge on any atom is -0.462 e.